The topological polar surface area (TPSA) is 79.1 Å². The first kappa shape index (κ1) is 15.0. The van der Waals surface area contributed by atoms with Crippen molar-refractivity contribution in [2.75, 3.05) is 30.4 Å². The van der Waals surface area contributed by atoms with Crippen LogP contribution >= 0.6 is 0 Å². The highest BCUT2D eigenvalue weighted by atomic mass is 15.3. The number of nitrogens with zero attached hydrogens (tertiary/aromatic N) is 3. The monoisotopic (exact) mass is 278 g/mol. The normalized spacial score (nSPS) is 16.2. The van der Waals surface area contributed by atoms with Crippen molar-refractivity contribution in [1.82, 2.24) is 14.9 Å². The third kappa shape index (κ3) is 4.05. The summed E-state index contributed by atoms with van der Waals surface area (Å²) in [6.45, 7) is 9.67. The molecule has 6 heteroatoms. The first-order valence-corrected chi connectivity index (χ1v) is 7.50. The lowest BCUT2D eigenvalue weighted by Crippen LogP contribution is -2.35. The van der Waals surface area contributed by atoms with Gasteiger partial charge in [0.25, 0.3) is 0 Å². The van der Waals surface area contributed by atoms with Gasteiger partial charge in [0.05, 0.1) is 0 Å². The van der Waals surface area contributed by atoms with Crippen LogP contribution in [0.4, 0.5) is 11.6 Å². The van der Waals surface area contributed by atoms with Crippen molar-refractivity contribution < 1.29 is 0 Å². The minimum absolute atomic E-state index is 0.336. The van der Waals surface area contributed by atoms with Crippen molar-refractivity contribution in [3.8, 4) is 0 Å². The van der Waals surface area contributed by atoms with E-state index < -0.39 is 0 Å². The zero-order chi connectivity index (χ0) is 14.5. The molecule has 1 aliphatic rings. The van der Waals surface area contributed by atoms with Gasteiger partial charge in [-0.25, -0.2) is 15.8 Å². The first-order valence-electron chi connectivity index (χ1n) is 7.50. The van der Waals surface area contributed by atoms with Crippen LogP contribution in [0.25, 0.3) is 0 Å². The summed E-state index contributed by atoms with van der Waals surface area (Å²) in [5, 5.41) is 3.45. The van der Waals surface area contributed by atoms with E-state index in [9.17, 15) is 0 Å². The van der Waals surface area contributed by atoms with Crippen LogP contribution in [-0.4, -0.2) is 40.5 Å². The predicted molar refractivity (Wildman–Crippen MR) is 82.7 cm³/mol. The Bertz CT molecular complexity index is 428. The highest BCUT2D eigenvalue weighted by Gasteiger charge is 2.27. The second-order valence-corrected chi connectivity index (χ2v) is 5.45. The van der Waals surface area contributed by atoms with Crippen molar-refractivity contribution in [3.63, 3.8) is 0 Å². The molecule has 1 aromatic heterocycles. The van der Waals surface area contributed by atoms with Crippen molar-refractivity contribution >= 4 is 11.6 Å². The van der Waals surface area contributed by atoms with Gasteiger partial charge < -0.3 is 15.6 Å². The Morgan fingerprint density at radius 3 is 2.50 bits per heavy atom. The van der Waals surface area contributed by atoms with Crippen molar-refractivity contribution in [2.45, 2.75) is 45.6 Å². The van der Waals surface area contributed by atoms with Crippen LogP contribution < -0.4 is 16.6 Å². The summed E-state index contributed by atoms with van der Waals surface area (Å²) in [6.07, 6.45) is 2.37. The molecule has 0 aliphatic heterocycles. The van der Waals surface area contributed by atoms with Crippen LogP contribution in [0, 0.1) is 0 Å². The van der Waals surface area contributed by atoms with E-state index in [4.69, 9.17) is 5.84 Å². The number of aromatic nitrogens is 2. The van der Waals surface area contributed by atoms with Gasteiger partial charge in [0.1, 0.15) is 17.5 Å². The molecule has 1 aliphatic carbocycles. The summed E-state index contributed by atoms with van der Waals surface area (Å²) in [5.41, 5.74) is 2.63. The van der Waals surface area contributed by atoms with Gasteiger partial charge in [-0.1, -0.05) is 13.8 Å². The average Bonchev–Trinajstić information content (AvgIpc) is 3.28. The van der Waals surface area contributed by atoms with Gasteiger partial charge >= 0.3 is 0 Å². The molecule has 2 rings (SSSR count). The zero-order valence-corrected chi connectivity index (χ0v) is 12.7. The maximum atomic E-state index is 5.49. The van der Waals surface area contributed by atoms with Crippen LogP contribution in [0.5, 0.6) is 0 Å². The zero-order valence-electron chi connectivity index (χ0n) is 12.7. The Labute approximate surface area is 121 Å². The number of likely N-dealkylation sites (N-methyl/N-ethyl adjacent to an activating group) is 1. The molecule has 1 unspecified atom stereocenters. The Balaban J connectivity index is 2.02. The number of nitrogens with two attached hydrogens (primary N) is 1. The van der Waals surface area contributed by atoms with E-state index in [1.807, 2.05) is 6.07 Å². The molecule has 1 fully saturated rings. The molecule has 20 heavy (non-hydrogen) atoms. The van der Waals surface area contributed by atoms with E-state index in [0.717, 1.165) is 31.3 Å². The summed E-state index contributed by atoms with van der Waals surface area (Å²) in [6, 6.07) is 2.20. The second kappa shape index (κ2) is 6.85. The molecule has 112 valence electrons. The Hall–Kier alpha value is -1.40. The van der Waals surface area contributed by atoms with Gasteiger partial charge in [-0.15, -0.1) is 0 Å². The molecular weight excluding hydrogens is 252 g/mol. The van der Waals surface area contributed by atoms with Crippen LogP contribution in [0.2, 0.25) is 0 Å². The first-order chi connectivity index (χ1) is 9.66. The van der Waals surface area contributed by atoms with Gasteiger partial charge in [-0.2, -0.15) is 0 Å². The standard InChI is InChI=1S/C14H26N6/c1-4-20(5-2)9-10(3)16-12-8-13(19-15)18-14(17-12)11-6-7-11/h8,10-11H,4-7,9,15H2,1-3H3,(H2,16,17,18,19). The molecule has 1 saturated carbocycles. The minimum Gasteiger partial charge on any atom is -0.366 e. The Morgan fingerprint density at radius 1 is 1.30 bits per heavy atom. The quantitative estimate of drug-likeness (QED) is 0.497. The van der Waals surface area contributed by atoms with E-state index in [0.29, 0.717) is 17.8 Å². The number of rotatable bonds is 8. The molecule has 0 saturated heterocycles. The average molecular weight is 278 g/mol. The van der Waals surface area contributed by atoms with Crippen molar-refractivity contribution in [3.05, 3.63) is 11.9 Å². The molecule has 1 atom stereocenters. The number of anilines is 2. The van der Waals surface area contributed by atoms with E-state index in [-0.39, 0.29) is 0 Å². The fourth-order valence-corrected chi connectivity index (χ4v) is 2.31. The summed E-state index contributed by atoms with van der Waals surface area (Å²) >= 11 is 0. The summed E-state index contributed by atoms with van der Waals surface area (Å²) in [5.74, 6) is 8.44. The van der Waals surface area contributed by atoms with Crippen LogP contribution in [0.15, 0.2) is 6.07 Å². The molecule has 0 spiro atoms. The molecule has 6 nitrogen and oxygen atoms in total. The predicted octanol–water partition coefficient (Wildman–Crippen LogP) is 1.78. The maximum absolute atomic E-state index is 5.49. The number of nitrogen functional groups attached to an aromatic ring is 1. The molecule has 0 bridgehead atoms. The van der Waals surface area contributed by atoms with Gasteiger partial charge in [-0.3, -0.25) is 0 Å². The number of hydrogen-bond acceptors (Lipinski definition) is 6. The maximum Gasteiger partial charge on any atom is 0.145 e. The highest BCUT2D eigenvalue weighted by molar-refractivity contribution is 5.48. The van der Waals surface area contributed by atoms with Gasteiger partial charge in [0.2, 0.25) is 0 Å². The number of hydrazine groups is 1. The lowest BCUT2D eigenvalue weighted by Gasteiger charge is -2.24. The number of nitrogens with one attached hydrogen (secondary N) is 2. The highest BCUT2D eigenvalue weighted by Crippen LogP contribution is 2.38. The summed E-state index contributed by atoms with van der Waals surface area (Å²) in [7, 11) is 0. The third-order valence-corrected chi connectivity index (χ3v) is 3.65. The fourth-order valence-electron chi connectivity index (χ4n) is 2.31. The Kier molecular flexibility index (Phi) is 5.14. The molecular formula is C14H26N6. The van der Waals surface area contributed by atoms with Crippen LogP contribution in [0.1, 0.15) is 45.4 Å². The molecule has 0 amide bonds. The van der Waals surface area contributed by atoms with Crippen LogP contribution in [-0.2, 0) is 0 Å². The molecule has 0 aromatic carbocycles. The summed E-state index contributed by atoms with van der Waals surface area (Å²) < 4.78 is 0. The fraction of sp³-hybridized carbons (Fsp3) is 0.714. The van der Waals surface area contributed by atoms with E-state index >= 15 is 0 Å². The lowest BCUT2D eigenvalue weighted by molar-refractivity contribution is 0.294. The largest absolute Gasteiger partial charge is 0.366 e. The van der Waals surface area contributed by atoms with E-state index in [1.165, 1.54) is 12.8 Å². The molecule has 0 radical (unpaired) electrons. The van der Waals surface area contributed by atoms with Crippen molar-refractivity contribution in [1.29, 1.82) is 0 Å². The van der Waals surface area contributed by atoms with Gasteiger partial charge in [-0.05, 0) is 32.9 Å². The van der Waals surface area contributed by atoms with Gasteiger partial charge in [0.15, 0.2) is 0 Å². The molecule has 1 heterocycles. The number of hydrogen-bond donors (Lipinski definition) is 3. The third-order valence-electron chi connectivity index (χ3n) is 3.65. The second-order valence-electron chi connectivity index (χ2n) is 5.45. The van der Waals surface area contributed by atoms with Gasteiger partial charge in [0, 0.05) is 24.6 Å². The van der Waals surface area contributed by atoms with Crippen LogP contribution in [0.3, 0.4) is 0 Å². The smallest absolute Gasteiger partial charge is 0.145 e. The van der Waals surface area contributed by atoms with E-state index in [2.05, 4.69) is 46.4 Å². The SMILES string of the molecule is CCN(CC)CC(C)Nc1cc(NN)nc(C2CC2)n1. The Morgan fingerprint density at radius 2 is 1.95 bits per heavy atom. The lowest BCUT2D eigenvalue weighted by atomic mass is 10.3. The summed E-state index contributed by atoms with van der Waals surface area (Å²) in [4.78, 5) is 11.4. The minimum atomic E-state index is 0.336. The molecule has 4 N–H and O–H groups in total. The van der Waals surface area contributed by atoms with E-state index in [1.54, 1.807) is 0 Å². The molecule has 1 aromatic rings. The van der Waals surface area contributed by atoms with Crippen molar-refractivity contribution in [2.24, 2.45) is 5.84 Å².